The molecule has 0 radical (unpaired) electrons. The molecule has 0 saturated carbocycles. The molecule has 1 aromatic rings. The number of nitrogens with zero attached hydrogens (tertiary/aromatic N) is 1. The molecule has 1 unspecified atom stereocenters. The largest absolute Gasteiger partial charge is 0.496 e. The number of aliphatic hydroxyl groups excluding tert-OH is 1. The van der Waals surface area contributed by atoms with E-state index in [1.807, 2.05) is 6.07 Å². The molecule has 3 heteroatoms. The van der Waals surface area contributed by atoms with Crippen molar-refractivity contribution < 1.29 is 9.84 Å². The van der Waals surface area contributed by atoms with Gasteiger partial charge in [-0.25, -0.2) is 0 Å². The van der Waals surface area contributed by atoms with E-state index in [4.69, 9.17) is 4.74 Å². The zero-order valence-corrected chi connectivity index (χ0v) is 12.6. The molecule has 0 spiro atoms. The molecule has 1 rings (SSSR count). The lowest BCUT2D eigenvalue weighted by molar-refractivity contribution is 0.177. The number of hydrogen-bond acceptors (Lipinski definition) is 3. The first-order valence-electron chi connectivity index (χ1n) is 7.03. The lowest BCUT2D eigenvalue weighted by atomic mass is 10.1. The zero-order valence-electron chi connectivity index (χ0n) is 12.6. The van der Waals surface area contributed by atoms with Crippen LogP contribution in [0, 0.1) is 12.8 Å². The Labute approximate surface area is 117 Å². The van der Waals surface area contributed by atoms with E-state index in [0.717, 1.165) is 31.7 Å². The molecular weight excluding hydrogens is 238 g/mol. The van der Waals surface area contributed by atoms with Crippen molar-refractivity contribution >= 4 is 0 Å². The van der Waals surface area contributed by atoms with Gasteiger partial charge in [-0.1, -0.05) is 24.6 Å². The molecule has 3 nitrogen and oxygen atoms in total. The molecule has 19 heavy (non-hydrogen) atoms. The topological polar surface area (TPSA) is 32.7 Å². The Morgan fingerprint density at radius 3 is 2.68 bits per heavy atom. The Balaban J connectivity index is 2.54. The number of aryl methyl sites for hydroxylation is 1. The van der Waals surface area contributed by atoms with Gasteiger partial charge in [0.2, 0.25) is 0 Å². The van der Waals surface area contributed by atoms with Gasteiger partial charge in [0.15, 0.2) is 0 Å². The van der Waals surface area contributed by atoms with Crippen LogP contribution >= 0.6 is 0 Å². The molecule has 0 aliphatic heterocycles. The molecule has 0 aliphatic rings. The summed E-state index contributed by atoms with van der Waals surface area (Å²) >= 11 is 0. The summed E-state index contributed by atoms with van der Waals surface area (Å²) in [6, 6.07) is 6.30. The van der Waals surface area contributed by atoms with Gasteiger partial charge in [-0.3, -0.25) is 0 Å². The molecule has 0 aliphatic carbocycles. The van der Waals surface area contributed by atoms with Crippen molar-refractivity contribution in [2.45, 2.75) is 26.7 Å². The van der Waals surface area contributed by atoms with E-state index in [9.17, 15) is 5.11 Å². The predicted octanol–water partition coefficient (Wildman–Crippen LogP) is 2.50. The smallest absolute Gasteiger partial charge is 0.122 e. The monoisotopic (exact) mass is 265 g/mol. The SMILES string of the molecule is CCC(CO)CN(C)CCc1cc(C)ccc1OC. The first kappa shape index (κ1) is 16.0. The van der Waals surface area contributed by atoms with Crippen LogP contribution in [0.5, 0.6) is 5.75 Å². The normalized spacial score (nSPS) is 12.7. The highest BCUT2D eigenvalue weighted by molar-refractivity contribution is 5.37. The van der Waals surface area contributed by atoms with E-state index >= 15 is 0 Å². The van der Waals surface area contributed by atoms with Crippen molar-refractivity contribution in [2.75, 3.05) is 33.9 Å². The fourth-order valence-corrected chi connectivity index (χ4v) is 2.26. The van der Waals surface area contributed by atoms with Gasteiger partial charge in [0.1, 0.15) is 5.75 Å². The van der Waals surface area contributed by atoms with Gasteiger partial charge < -0.3 is 14.7 Å². The molecule has 1 N–H and O–H groups in total. The molecule has 0 heterocycles. The molecule has 108 valence electrons. The van der Waals surface area contributed by atoms with E-state index in [2.05, 4.69) is 37.9 Å². The summed E-state index contributed by atoms with van der Waals surface area (Å²) in [5.41, 5.74) is 2.52. The van der Waals surface area contributed by atoms with E-state index in [0.29, 0.717) is 5.92 Å². The molecule has 1 aromatic carbocycles. The van der Waals surface area contributed by atoms with Crippen molar-refractivity contribution in [3.05, 3.63) is 29.3 Å². The number of benzene rings is 1. The predicted molar refractivity (Wildman–Crippen MR) is 79.8 cm³/mol. The summed E-state index contributed by atoms with van der Waals surface area (Å²) in [6.07, 6.45) is 2.00. The maximum absolute atomic E-state index is 9.23. The van der Waals surface area contributed by atoms with Gasteiger partial charge in [0.05, 0.1) is 7.11 Å². The maximum Gasteiger partial charge on any atom is 0.122 e. The van der Waals surface area contributed by atoms with Gasteiger partial charge in [-0.15, -0.1) is 0 Å². The highest BCUT2D eigenvalue weighted by Gasteiger charge is 2.10. The zero-order chi connectivity index (χ0) is 14.3. The third kappa shape index (κ3) is 5.21. The van der Waals surface area contributed by atoms with Crippen molar-refractivity contribution in [2.24, 2.45) is 5.92 Å². The van der Waals surface area contributed by atoms with E-state index in [1.165, 1.54) is 11.1 Å². The first-order valence-corrected chi connectivity index (χ1v) is 7.03. The van der Waals surface area contributed by atoms with Gasteiger partial charge in [-0.05, 0) is 44.4 Å². The fraction of sp³-hybridized carbons (Fsp3) is 0.625. The second-order valence-corrected chi connectivity index (χ2v) is 5.28. The molecular formula is C16H27NO2. The number of rotatable bonds is 8. The minimum Gasteiger partial charge on any atom is -0.496 e. The van der Waals surface area contributed by atoms with Crippen molar-refractivity contribution in [3.63, 3.8) is 0 Å². The summed E-state index contributed by atoms with van der Waals surface area (Å²) in [5, 5.41) is 9.23. The molecule has 1 atom stereocenters. The lowest BCUT2D eigenvalue weighted by Crippen LogP contribution is -2.29. The Bertz CT molecular complexity index is 375. The molecule has 0 saturated heterocycles. The summed E-state index contributed by atoms with van der Waals surface area (Å²) in [6.45, 7) is 6.43. The average Bonchev–Trinajstić information content (AvgIpc) is 2.42. The highest BCUT2D eigenvalue weighted by Crippen LogP contribution is 2.20. The second kappa shape index (κ2) is 8.18. The van der Waals surface area contributed by atoms with Crippen LogP contribution in [-0.2, 0) is 6.42 Å². The van der Waals surface area contributed by atoms with Crippen LogP contribution in [0.4, 0.5) is 0 Å². The van der Waals surface area contributed by atoms with E-state index in [1.54, 1.807) is 7.11 Å². The fourth-order valence-electron chi connectivity index (χ4n) is 2.26. The molecule has 0 aromatic heterocycles. The van der Waals surface area contributed by atoms with Gasteiger partial charge >= 0.3 is 0 Å². The summed E-state index contributed by atoms with van der Waals surface area (Å²) in [7, 11) is 3.83. The van der Waals surface area contributed by atoms with Crippen molar-refractivity contribution in [1.29, 1.82) is 0 Å². The van der Waals surface area contributed by atoms with E-state index < -0.39 is 0 Å². The third-order valence-corrected chi connectivity index (χ3v) is 3.60. The van der Waals surface area contributed by atoms with Crippen LogP contribution in [-0.4, -0.2) is 43.9 Å². The quantitative estimate of drug-likeness (QED) is 0.784. The number of hydrogen-bond donors (Lipinski definition) is 1. The first-order chi connectivity index (χ1) is 9.10. The van der Waals surface area contributed by atoms with Gasteiger partial charge in [0, 0.05) is 19.7 Å². The Kier molecular flexibility index (Phi) is 6.89. The van der Waals surface area contributed by atoms with Crippen LogP contribution in [0.2, 0.25) is 0 Å². The van der Waals surface area contributed by atoms with Crippen molar-refractivity contribution in [1.82, 2.24) is 4.90 Å². The second-order valence-electron chi connectivity index (χ2n) is 5.28. The van der Waals surface area contributed by atoms with Crippen LogP contribution < -0.4 is 4.74 Å². The number of likely N-dealkylation sites (N-methyl/N-ethyl adjacent to an activating group) is 1. The number of ether oxygens (including phenoxy) is 1. The summed E-state index contributed by atoms with van der Waals surface area (Å²) in [4.78, 5) is 2.28. The molecule has 0 fully saturated rings. The number of methoxy groups -OCH3 is 1. The van der Waals surface area contributed by atoms with Gasteiger partial charge in [0.25, 0.3) is 0 Å². The average molecular weight is 265 g/mol. The van der Waals surface area contributed by atoms with Crippen LogP contribution in [0.25, 0.3) is 0 Å². The Morgan fingerprint density at radius 1 is 1.37 bits per heavy atom. The third-order valence-electron chi connectivity index (χ3n) is 3.60. The Morgan fingerprint density at radius 2 is 2.11 bits per heavy atom. The standard InChI is InChI=1S/C16H27NO2/c1-5-14(12-18)11-17(3)9-8-15-10-13(2)6-7-16(15)19-4/h6-7,10,14,18H,5,8-9,11-12H2,1-4H3. The summed E-state index contributed by atoms with van der Waals surface area (Å²) < 4.78 is 5.40. The van der Waals surface area contributed by atoms with Gasteiger partial charge in [-0.2, -0.15) is 0 Å². The Hall–Kier alpha value is -1.06. The minimum absolute atomic E-state index is 0.272. The number of aliphatic hydroxyl groups is 1. The van der Waals surface area contributed by atoms with Crippen LogP contribution in [0.1, 0.15) is 24.5 Å². The highest BCUT2D eigenvalue weighted by atomic mass is 16.5. The lowest BCUT2D eigenvalue weighted by Gasteiger charge is -2.22. The van der Waals surface area contributed by atoms with E-state index in [-0.39, 0.29) is 6.61 Å². The maximum atomic E-state index is 9.23. The van der Waals surface area contributed by atoms with Crippen molar-refractivity contribution in [3.8, 4) is 5.75 Å². The molecule has 0 bridgehead atoms. The van der Waals surface area contributed by atoms with Crippen LogP contribution in [0.15, 0.2) is 18.2 Å². The minimum atomic E-state index is 0.272. The van der Waals surface area contributed by atoms with Crippen LogP contribution in [0.3, 0.4) is 0 Å². The summed E-state index contributed by atoms with van der Waals surface area (Å²) in [5.74, 6) is 1.35. The molecule has 0 amide bonds.